The first-order valence-corrected chi connectivity index (χ1v) is 12.1. The van der Waals surface area contributed by atoms with Crippen LogP contribution < -0.4 is 4.90 Å². The van der Waals surface area contributed by atoms with Crippen molar-refractivity contribution in [3.8, 4) is 17.1 Å². The predicted octanol–water partition coefficient (Wildman–Crippen LogP) is 5.36. The number of hydrogen-bond donors (Lipinski definition) is 0. The molecule has 5 rings (SSSR count). The molecule has 2 aromatic heterocycles. The lowest BCUT2D eigenvalue weighted by Gasteiger charge is -2.29. The lowest BCUT2D eigenvalue weighted by atomic mass is 10.0. The topological polar surface area (TPSA) is 63.9 Å². The van der Waals surface area contributed by atoms with Crippen LogP contribution in [0.2, 0.25) is 5.02 Å². The average molecular weight is 476 g/mol. The molecule has 0 fully saturated rings. The molecule has 0 radical (unpaired) electrons. The highest BCUT2D eigenvalue weighted by Gasteiger charge is 2.24. The van der Waals surface area contributed by atoms with Crippen LogP contribution in [0.3, 0.4) is 0 Å². The molecule has 0 unspecified atom stereocenters. The number of amides is 1. The molecule has 1 aliphatic heterocycles. The minimum atomic E-state index is 0.0648. The van der Waals surface area contributed by atoms with E-state index in [1.165, 1.54) is 17.3 Å². The Labute approximate surface area is 201 Å². The zero-order chi connectivity index (χ0) is 22.8. The van der Waals surface area contributed by atoms with E-state index in [2.05, 4.69) is 21.2 Å². The molecule has 33 heavy (non-hydrogen) atoms. The van der Waals surface area contributed by atoms with Crippen LogP contribution in [0.1, 0.15) is 17.5 Å². The Kier molecular flexibility index (Phi) is 6.15. The number of rotatable bonds is 5. The van der Waals surface area contributed by atoms with Crippen molar-refractivity contribution in [3.63, 3.8) is 0 Å². The third-order valence-electron chi connectivity index (χ3n) is 5.79. The van der Waals surface area contributed by atoms with Crippen molar-refractivity contribution >= 4 is 35.0 Å². The second kappa shape index (κ2) is 9.37. The standard InChI is InChI=1S/C25H22ClN5OS/c1-17-20(26)8-4-10-21(17)31-24(19-11-13-27-14-12-19)28-29-25(31)33-16-23(32)30-15-5-7-18-6-2-3-9-22(18)30/h2-4,6,8-14H,5,7,15-16H2,1H3. The number of halogens is 1. The molecule has 0 saturated heterocycles. The number of pyridine rings is 1. The number of carbonyl (C=O) groups is 1. The van der Waals surface area contributed by atoms with E-state index >= 15 is 0 Å². The zero-order valence-electron chi connectivity index (χ0n) is 18.1. The zero-order valence-corrected chi connectivity index (χ0v) is 19.7. The van der Waals surface area contributed by atoms with Gasteiger partial charge in [-0.3, -0.25) is 14.3 Å². The van der Waals surface area contributed by atoms with Crippen LogP contribution in [-0.4, -0.2) is 38.0 Å². The van der Waals surface area contributed by atoms with Crippen LogP contribution >= 0.6 is 23.4 Å². The molecule has 1 aliphatic rings. The maximum Gasteiger partial charge on any atom is 0.237 e. The molecule has 0 aliphatic carbocycles. The van der Waals surface area contributed by atoms with Crippen LogP contribution in [0.15, 0.2) is 72.1 Å². The maximum absolute atomic E-state index is 13.2. The smallest absolute Gasteiger partial charge is 0.237 e. The van der Waals surface area contributed by atoms with Gasteiger partial charge in [0.15, 0.2) is 11.0 Å². The van der Waals surface area contributed by atoms with Gasteiger partial charge in [0.05, 0.1) is 11.4 Å². The average Bonchev–Trinajstić information content (AvgIpc) is 3.28. The number of nitrogens with zero attached hydrogens (tertiary/aromatic N) is 5. The molecule has 2 aromatic carbocycles. The number of para-hydroxylation sites is 1. The fraction of sp³-hybridized carbons (Fsp3) is 0.200. The lowest BCUT2D eigenvalue weighted by molar-refractivity contribution is -0.116. The highest BCUT2D eigenvalue weighted by molar-refractivity contribution is 7.99. The largest absolute Gasteiger partial charge is 0.311 e. The number of aryl methyl sites for hydroxylation is 1. The van der Waals surface area contributed by atoms with Gasteiger partial charge in [-0.2, -0.15) is 0 Å². The third-order valence-corrected chi connectivity index (χ3v) is 7.11. The fourth-order valence-electron chi connectivity index (χ4n) is 4.10. The third kappa shape index (κ3) is 4.26. The Morgan fingerprint density at radius 2 is 1.82 bits per heavy atom. The molecule has 0 atom stereocenters. The summed E-state index contributed by atoms with van der Waals surface area (Å²) in [4.78, 5) is 19.2. The summed E-state index contributed by atoms with van der Waals surface area (Å²) in [5, 5.41) is 10.2. The van der Waals surface area contributed by atoms with E-state index < -0.39 is 0 Å². The molecule has 3 heterocycles. The highest BCUT2D eigenvalue weighted by atomic mass is 35.5. The second-order valence-corrected chi connectivity index (χ2v) is 9.18. The van der Waals surface area contributed by atoms with E-state index in [1.807, 2.05) is 64.9 Å². The SMILES string of the molecule is Cc1c(Cl)cccc1-n1c(SCC(=O)N2CCCc3ccccc32)nnc1-c1ccncc1. The number of anilines is 1. The summed E-state index contributed by atoms with van der Waals surface area (Å²) in [7, 11) is 0. The molecule has 0 saturated carbocycles. The summed E-state index contributed by atoms with van der Waals surface area (Å²) >= 11 is 7.81. The van der Waals surface area contributed by atoms with Crippen molar-refractivity contribution in [1.82, 2.24) is 19.7 Å². The Morgan fingerprint density at radius 3 is 2.67 bits per heavy atom. The van der Waals surface area contributed by atoms with E-state index in [1.54, 1.807) is 12.4 Å². The van der Waals surface area contributed by atoms with E-state index in [9.17, 15) is 4.79 Å². The molecule has 1 amide bonds. The summed E-state index contributed by atoms with van der Waals surface area (Å²) in [6.07, 6.45) is 5.43. The molecular formula is C25H22ClN5OS. The Morgan fingerprint density at radius 1 is 1.03 bits per heavy atom. The number of thioether (sulfide) groups is 1. The highest BCUT2D eigenvalue weighted by Crippen LogP contribution is 2.32. The normalized spacial score (nSPS) is 13.1. The molecule has 0 bridgehead atoms. The van der Waals surface area contributed by atoms with Crippen molar-refractivity contribution in [2.75, 3.05) is 17.2 Å². The Bertz CT molecular complexity index is 1310. The number of aromatic nitrogens is 4. The van der Waals surface area contributed by atoms with Gasteiger partial charge >= 0.3 is 0 Å². The Balaban J connectivity index is 1.47. The molecular weight excluding hydrogens is 454 g/mol. The van der Waals surface area contributed by atoms with Gasteiger partial charge in [0.25, 0.3) is 0 Å². The quantitative estimate of drug-likeness (QED) is 0.363. The Hall–Kier alpha value is -3.16. The van der Waals surface area contributed by atoms with Crippen molar-refractivity contribution in [1.29, 1.82) is 0 Å². The molecule has 0 spiro atoms. The summed E-state index contributed by atoms with van der Waals surface area (Å²) < 4.78 is 1.97. The number of fused-ring (bicyclic) bond motifs is 1. The molecule has 4 aromatic rings. The number of benzene rings is 2. The monoisotopic (exact) mass is 475 g/mol. The summed E-state index contributed by atoms with van der Waals surface area (Å²) in [5.41, 5.74) is 4.93. The first-order valence-electron chi connectivity index (χ1n) is 10.8. The van der Waals surface area contributed by atoms with Gasteiger partial charge in [0, 0.05) is 35.2 Å². The lowest BCUT2D eigenvalue weighted by Crippen LogP contribution is -2.36. The number of hydrogen-bond acceptors (Lipinski definition) is 5. The van der Waals surface area contributed by atoms with Gasteiger partial charge in [-0.05, 0) is 61.2 Å². The van der Waals surface area contributed by atoms with Gasteiger partial charge in [-0.1, -0.05) is 47.6 Å². The van der Waals surface area contributed by atoms with E-state index in [0.29, 0.717) is 16.0 Å². The number of carbonyl (C=O) groups excluding carboxylic acids is 1. The molecule has 8 heteroatoms. The maximum atomic E-state index is 13.2. The van der Waals surface area contributed by atoms with Crippen LogP contribution in [0.5, 0.6) is 0 Å². The van der Waals surface area contributed by atoms with Crippen LogP contribution in [0.25, 0.3) is 17.1 Å². The minimum absolute atomic E-state index is 0.0648. The van der Waals surface area contributed by atoms with Crippen LogP contribution in [0, 0.1) is 6.92 Å². The van der Waals surface area contributed by atoms with Crippen molar-refractivity contribution < 1.29 is 4.79 Å². The fourth-order valence-corrected chi connectivity index (χ4v) is 5.09. The van der Waals surface area contributed by atoms with Gasteiger partial charge in [0.2, 0.25) is 5.91 Å². The summed E-state index contributed by atoms with van der Waals surface area (Å²) in [6.45, 7) is 2.71. The predicted molar refractivity (Wildman–Crippen MR) is 132 cm³/mol. The van der Waals surface area contributed by atoms with E-state index in [4.69, 9.17) is 11.6 Å². The molecule has 6 nitrogen and oxygen atoms in total. The van der Waals surface area contributed by atoms with E-state index in [-0.39, 0.29) is 11.7 Å². The molecule has 0 N–H and O–H groups in total. The van der Waals surface area contributed by atoms with Gasteiger partial charge in [0.1, 0.15) is 0 Å². The van der Waals surface area contributed by atoms with Gasteiger partial charge in [-0.25, -0.2) is 0 Å². The molecule has 166 valence electrons. The first kappa shape index (κ1) is 21.7. The van der Waals surface area contributed by atoms with Gasteiger partial charge in [-0.15, -0.1) is 10.2 Å². The van der Waals surface area contributed by atoms with Crippen molar-refractivity contribution in [2.24, 2.45) is 0 Å². The van der Waals surface area contributed by atoms with Gasteiger partial charge < -0.3 is 4.90 Å². The van der Waals surface area contributed by atoms with E-state index in [0.717, 1.165) is 41.9 Å². The summed E-state index contributed by atoms with van der Waals surface area (Å²) in [5.74, 6) is 1.01. The van der Waals surface area contributed by atoms with Crippen molar-refractivity contribution in [3.05, 3.63) is 83.1 Å². The van der Waals surface area contributed by atoms with Crippen molar-refractivity contribution in [2.45, 2.75) is 24.9 Å². The minimum Gasteiger partial charge on any atom is -0.311 e. The first-order chi connectivity index (χ1) is 16.1. The summed E-state index contributed by atoms with van der Waals surface area (Å²) in [6, 6.07) is 17.7. The van der Waals surface area contributed by atoms with Crippen LogP contribution in [-0.2, 0) is 11.2 Å². The van der Waals surface area contributed by atoms with Crippen LogP contribution in [0.4, 0.5) is 5.69 Å². The second-order valence-electron chi connectivity index (χ2n) is 7.83.